The zero-order chi connectivity index (χ0) is 22.1. The third-order valence-corrected chi connectivity index (χ3v) is 5.75. The van der Waals surface area contributed by atoms with Crippen LogP contribution in [0.2, 0.25) is 0 Å². The SMILES string of the molecule is CCCN1C(=O)C(=O)/C(=C(\O)c2ccc3ccccc3c2)C1c1ccc(N(C)C)cc1. The average Bonchev–Trinajstić information content (AvgIpc) is 3.03. The molecule has 5 nitrogen and oxygen atoms in total. The van der Waals surface area contributed by atoms with E-state index in [1.807, 2.05) is 86.6 Å². The molecule has 0 radical (unpaired) electrons. The Kier molecular flexibility index (Phi) is 5.51. The summed E-state index contributed by atoms with van der Waals surface area (Å²) in [4.78, 5) is 29.4. The first kappa shape index (κ1) is 20.7. The lowest BCUT2D eigenvalue weighted by Gasteiger charge is -2.25. The summed E-state index contributed by atoms with van der Waals surface area (Å²) in [5.41, 5.74) is 2.50. The third kappa shape index (κ3) is 3.67. The number of amides is 1. The van der Waals surface area contributed by atoms with Crippen molar-refractivity contribution in [3.63, 3.8) is 0 Å². The normalized spacial score (nSPS) is 18.0. The zero-order valence-electron chi connectivity index (χ0n) is 18.0. The van der Waals surface area contributed by atoms with Crippen molar-refractivity contribution in [2.45, 2.75) is 19.4 Å². The summed E-state index contributed by atoms with van der Waals surface area (Å²) in [6.07, 6.45) is 0.718. The molecule has 0 saturated carbocycles. The van der Waals surface area contributed by atoms with Gasteiger partial charge in [0.05, 0.1) is 11.6 Å². The van der Waals surface area contributed by atoms with Gasteiger partial charge >= 0.3 is 0 Å². The van der Waals surface area contributed by atoms with E-state index in [2.05, 4.69) is 0 Å². The molecule has 1 unspecified atom stereocenters. The van der Waals surface area contributed by atoms with Gasteiger partial charge in [-0.25, -0.2) is 0 Å². The predicted molar refractivity (Wildman–Crippen MR) is 124 cm³/mol. The second-order valence-electron chi connectivity index (χ2n) is 8.04. The number of carbonyl (C=O) groups is 2. The van der Waals surface area contributed by atoms with E-state index in [0.717, 1.165) is 28.4 Å². The largest absolute Gasteiger partial charge is 0.507 e. The van der Waals surface area contributed by atoms with Gasteiger partial charge in [-0.05, 0) is 41.0 Å². The fourth-order valence-electron chi connectivity index (χ4n) is 4.14. The monoisotopic (exact) mass is 414 g/mol. The Morgan fingerprint density at radius 2 is 1.65 bits per heavy atom. The van der Waals surface area contributed by atoms with E-state index < -0.39 is 17.7 Å². The van der Waals surface area contributed by atoms with Crippen molar-refractivity contribution >= 4 is 33.9 Å². The van der Waals surface area contributed by atoms with Gasteiger partial charge < -0.3 is 14.9 Å². The first-order valence-electron chi connectivity index (χ1n) is 10.5. The molecule has 1 amide bonds. The third-order valence-electron chi connectivity index (χ3n) is 5.75. The molecule has 0 aromatic heterocycles. The van der Waals surface area contributed by atoms with Crippen LogP contribution >= 0.6 is 0 Å². The number of likely N-dealkylation sites (tertiary alicyclic amines) is 1. The second kappa shape index (κ2) is 8.26. The molecule has 0 spiro atoms. The van der Waals surface area contributed by atoms with Gasteiger partial charge in [-0.15, -0.1) is 0 Å². The van der Waals surface area contributed by atoms with Gasteiger partial charge in [0.1, 0.15) is 5.76 Å². The Labute approximate surface area is 182 Å². The van der Waals surface area contributed by atoms with Gasteiger partial charge in [0.15, 0.2) is 0 Å². The van der Waals surface area contributed by atoms with Gasteiger partial charge in [-0.3, -0.25) is 9.59 Å². The molecular formula is C26H26N2O3. The molecule has 0 bridgehead atoms. The van der Waals surface area contributed by atoms with Crippen molar-refractivity contribution < 1.29 is 14.7 Å². The van der Waals surface area contributed by atoms with Gasteiger partial charge in [-0.2, -0.15) is 0 Å². The highest BCUT2D eigenvalue weighted by molar-refractivity contribution is 6.46. The molecule has 3 aromatic rings. The summed E-state index contributed by atoms with van der Waals surface area (Å²) >= 11 is 0. The van der Waals surface area contributed by atoms with E-state index in [1.54, 1.807) is 11.0 Å². The molecule has 1 heterocycles. The maximum absolute atomic E-state index is 13.0. The average molecular weight is 415 g/mol. The summed E-state index contributed by atoms with van der Waals surface area (Å²) in [5, 5.41) is 13.2. The minimum absolute atomic E-state index is 0.135. The Balaban J connectivity index is 1.86. The summed E-state index contributed by atoms with van der Waals surface area (Å²) in [6.45, 7) is 2.41. The van der Waals surface area contributed by atoms with E-state index >= 15 is 0 Å². The summed E-state index contributed by atoms with van der Waals surface area (Å²) in [5.74, 6) is -1.34. The molecule has 4 rings (SSSR count). The molecule has 1 aliphatic heterocycles. The number of nitrogens with zero attached hydrogens (tertiary/aromatic N) is 2. The Morgan fingerprint density at radius 3 is 2.29 bits per heavy atom. The van der Waals surface area contributed by atoms with Gasteiger partial charge in [0.25, 0.3) is 11.7 Å². The number of benzene rings is 3. The Hall–Kier alpha value is -3.60. The number of rotatable bonds is 5. The molecule has 1 saturated heterocycles. The van der Waals surface area contributed by atoms with Gasteiger partial charge in [0.2, 0.25) is 0 Å². The van der Waals surface area contributed by atoms with E-state index in [1.165, 1.54) is 0 Å². The number of aliphatic hydroxyl groups is 1. The second-order valence-corrected chi connectivity index (χ2v) is 8.04. The highest BCUT2D eigenvalue weighted by atomic mass is 16.3. The van der Waals surface area contributed by atoms with Crippen molar-refractivity contribution in [3.8, 4) is 0 Å². The lowest BCUT2D eigenvalue weighted by atomic mass is 9.94. The number of aliphatic hydroxyl groups excluding tert-OH is 1. The maximum atomic E-state index is 13.0. The molecule has 0 aliphatic carbocycles. The van der Waals surface area contributed by atoms with Crippen LogP contribution in [0.1, 0.15) is 30.5 Å². The highest BCUT2D eigenvalue weighted by Gasteiger charge is 2.45. The first-order valence-corrected chi connectivity index (χ1v) is 10.5. The molecule has 31 heavy (non-hydrogen) atoms. The lowest BCUT2D eigenvalue weighted by Crippen LogP contribution is -2.30. The molecule has 5 heteroatoms. The van der Waals surface area contributed by atoms with Crippen molar-refractivity contribution in [2.24, 2.45) is 0 Å². The summed E-state index contributed by atoms with van der Waals surface area (Å²) in [6, 6.07) is 20.5. The van der Waals surface area contributed by atoms with Crippen LogP contribution in [0.25, 0.3) is 16.5 Å². The van der Waals surface area contributed by atoms with Crippen LogP contribution in [-0.4, -0.2) is 42.3 Å². The number of hydrogen-bond acceptors (Lipinski definition) is 4. The first-order chi connectivity index (χ1) is 14.9. The highest BCUT2D eigenvalue weighted by Crippen LogP contribution is 2.40. The van der Waals surface area contributed by atoms with E-state index in [4.69, 9.17) is 0 Å². The number of hydrogen-bond donors (Lipinski definition) is 1. The zero-order valence-corrected chi connectivity index (χ0v) is 18.0. The van der Waals surface area contributed by atoms with Crippen molar-refractivity contribution in [2.75, 3.05) is 25.5 Å². The van der Waals surface area contributed by atoms with E-state index in [-0.39, 0.29) is 11.3 Å². The van der Waals surface area contributed by atoms with Gasteiger partial charge in [-0.1, -0.05) is 55.5 Å². The van der Waals surface area contributed by atoms with Crippen LogP contribution < -0.4 is 4.90 Å². The summed E-state index contributed by atoms with van der Waals surface area (Å²) in [7, 11) is 3.91. The number of Topliss-reactive ketones (excluding diaryl/α,β-unsaturated/α-hetero) is 1. The van der Waals surface area contributed by atoms with E-state index in [0.29, 0.717) is 12.1 Å². The minimum atomic E-state index is -0.638. The van der Waals surface area contributed by atoms with Crippen LogP contribution in [0.4, 0.5) is 5.69 Å². The number of carbonyl (C=O) groups excluding carboxylic acids is 2. The molecule has 1 N–H and O–H groups in total. The van der Waals surface area contributed by atoms with Crippen LogP contribution in [-0.2, 0) is 9.59 Å². The number of ketones is 1. The van der Waals surface area contributed by atoms with Crippen molar-refractivity contribution in [1.29, 1.82) is 0 Å². The van der Waals surface area contributed by atoms with E-state index in [9.17, 15) is 14.7 Å². The smallest absolute Gasteiger partial charge is 0.295 e. The minimum Gasteiger partial charge on any atom is -0.507 e. The Bertz CT molecular complexity index is 1180. The molecular weight excluding hydrogens is 388 g/mol. The summed E-state index contributed by atoms with van der Waals surface area (Å²) < 4.78 is 0. The molecule has 158 valence electrons. The van der Waals surface area contributed by atoms with Crippen molar-refractivity contribution in [1.82, 2.24) is 4.90 Å². The molecule has 1 atom stereocenters. The number of fused-ring (bicyclic) bond motifs is 1. The quantitative estimate of drug-likeness (QED) is 0.372. The standard InChI is InChI=1S/C26H26N2O3/c1-4-15-28-23(18-11-13-21(14-12-18)27(2)3)22(25(30)26(28)31)24(29)20-10-9-17-7-5-6-8-19(17)16-20/h5-14,16,23,29H,4,15H2,1-3H3/b24-22-. The molecule has 3 aromatic carbocycles. The molecule has 1 aliphatic rings. The fraction of sp³-hybridized carbons (Fsp3) is 0.231. The van der Waals surface area contributed by atoms with Crippen LogP contribution in [0.15, 0.2) is 72.3 Å². The fourth-order valence-corrected chi connectivity index (χ4v) is 4.14. The lowest BCUT2D eigenvalue weighted by molar-refractivity contribution is -0.139. The number of anilines is 1. The maximum Gasteiger partial charge on any atom is 0.295 e. The topological polar surface area (TPSA) is 60.9 Å². The van der Waals surface area contributed by atoms with Crippen LogP contribution in [0.5, 0.6) is 0 Å². The van der Waals surface area contributed by atoms with Crippen LogP contribution in [0, 0.1) is 0 Å². The Morgan fingerprint density at radius 1 is 0.968 bits per heavy atom. The van der Waals surface area contributed by atoms with Gasteiger partial charge in [0, 0.05) is 31.9 Å². The molecule has 1 fully saturated rings. The van der Waals surface area contributed by atoms with Crippen LogP contribution in [0.3, 0.4) is 0 Å². The van der Waals surface area contributed by atoms with Crippen molar-refractivity contribution in [3.05, 3.63) is 83.4 Å². The predicted octanol–water partition coefficient (Wildman–Crippen LogP) is 4.74.